The molecule has 3 N–H and O–H groups in total. The molecule has 0 radical (unpaired) electrons. The minimum Gasteiger partial charge on any atom is -0.489 e. The van der Waals surface area contributed by atoms with Crippen LogP contribution >= 0.6 is 0 Å². The van der Waals surface area contributed by atoms with Crippen molar-refractivity contribution in [1.82, 2.24) is 0 Å². The lowest BCUT2D eigenvalue weighted by molar-refractivity contribution is 0.305. The minimum atomic E-state index is 0.0918. The Balaban J connectivity index is 2.07. The lowest BCUT2D eigenvalue weighted by Crippen LogP contribution is -2.11. The van der Waals surface area contributed by atoms with Gasteiger partial charge >= 0.3 is 0 Å². The maximum absolute atomic E-state index is 7.41. The smallest absolute Gasteiger partial charge is 0.122 e. The van der Waals surface area contributed by atoms with Crippen molar-refractivity contribution in [2.45, 2.75) is 20.5 Å². The number of nitrogens with one attached hydrogen (secondary N) is 1. The molecule has 0 saturated heterocycles. The first-order valence-electron chi connectivity index (χ1n) is 6.19. The molecule has 0 aliphatic rings. The van der Waals surface area contributed by atoms with Gasteiger partial charge in [0.1, 0.15) is 18.2 Å². The Morgan fingerprint density at radius 1 is 1.11 bits per heavy atom. The Bertz CT molecular complexity index is 588. The van der Waals surface area contributed by atoms with Gasteiger partial charge in [0, 0.05) is 5.56 Å². The van der Waals surface area contributed by atoms with Crippen LogP contribution in [0.1, 0.15) is 22.3 Å². The van der Waals surface area contributed by atoms with Crippen LogP contribution in [0.2, 0.25) is 0 Å². The van der Waals surface area contributed by atoms with Gasteiger partial charge in [0.2, 0.25) is 0 Å². The first kappa shape index (κ1) is 13.1. The van der Waals surface area contributed by atoms with Crippen LogP contribution in [-0.4, -0.2) is 5.84 Å². The molecule has 0 aliphatic carbocycles. The summed E-state index contributed by atoms with van der Waals surface area (Å²) in [4.78, 5) is 0. The first-order valence-corrected chi connectivity index (χ1v) is 6.19. The molecule has 98 valence electrons. The van der Waals surface area contributed by atoms with Crippen LogP contribution in [0.3, 0.4) is 0 Å². The van der Waals surface area contributed by atoms with E-state index in [1.807, 2.05) is 49.4 Å². The zero-order valence-electron chi connectivity index (χ0n) is 11.2. The molecule has 0 spiro atoms. The van der Waals surface area contributed by atoms with Crippen LogP contribution < -0.4 is 10.5 Å². The molecule has 0 atom stereocenters. The number of hydrogen-bond acceptors (Lipinski definition) is 2. The summed E-state index contributed by atoms with van der Waals surface area (Å²) >= 11 is 0. The van der Waals surface area contributed by atoms with Gasteiger partial charge in [0.15, 0.2) is 0 Å². The van der Waals surface area contributed by atoms with Gasteiger partial charge in [-0.25, -0.2) is 0 Å². The highest BCUT2D eigenvalue weighted by atomic mass is 16.5. The van der Waals surface area contributed by atoms with Gasteiger partial charge in [-0.1, -0.05) is 29.8 Å². The third kappa shape index (κ3) is 3.35. The van der Waals surface area contributed by atoms with Gasteiger partial charge in [0.05, 0.1) is 0 Å². The molecule has 0 unspecified atom stereocenters. The van der Waals surface area contributed by atoms with Gasteiger partial charge in [-0.15, -0.1) is 0 Å². The molecule has 2 aromatic rings. The van der Waals surface area contributed by atoms with Crippen molar-refractivity contribution >= 4 is 5.84 Å². The summed E-state index contributed by atoms with van der Waals surface area (Å²) < 4.78 is 5.74. The van der Waals surface area contributed by atoms with E-state index in [0.29, 0.717) is 6.61 Å². The van der Waals surface area contributed by atoms with E-state index in [1.54, 1.807) is 0 Å². The zero-order valence-corrected chi connectivity index (χ0v) is 11.2. The number of nitrogens with two attached hydrogens (primary N) is 1. The standard InChI is InChI=1S/C16H18N2O/c1-11-3-7-15(8-4-11)19-10-14-6-5-13(16(17)18)9-12(14)2/h3-9H,10H2,1-2H3,(H3,17,18). The van der Waals surface area contributed by atoms with E-state index >= 15 is 0 Å². The Hall–Kier alpha value is -2.29. The maximum atomic E-state index is 7.41. The van der Waals surface area contributed by atoms with E-state index < -0.39 is 0 Å². The Labute approximate surface area is 113 Å². The second-order valence-corrected chi connectivity index (χ2v) is 4.66. The average Bonchev–Trinajstić information content (AvgIpc) is 2.39. The van der Waals surface area contributed by atoms with E-state index in [1.165, 1.54) is 5.56 Å². The number of amidine groups is 1. The normalized spacial score (nSPS) is 10.2. The average molecular weight is 254 g/mol. The van der Waals surface area contributed by atoms with Crippen LogP contribution in [0, 0.1) is 19.3 Å². The number of hydrogen-bond donors (Lipinski definition) is 2. The van der Waals surface area contributed by atoms with E-state index in [4.69, 9.17) is 15.9 Å². The summed E-state index contributed by atoms with van der Waals surface area (Å²) in [7, 11) is 0. The van der Waals surface area contributed by atoms with Gasteiger partial charge in [-0.3, -0.25) is 5.41 Å². The van der Waals surface area contributed by atoms with E-state index in [-0.39, 0.29) is 5.84 Å². The van der Waals surface area contributed by atoms with Crippen molar-refractivity contribution in [3.05, 3.63) is 64.7 Å². The fourth-order valence-electron chi connectivity index (χ4n) is 1.82. The summed E-state index contributed by atoms with van der Waals surface area (Å²) in [5.74, 6) is 0.953. The number of aryl methyl sites for hydroxylation is 2. The lowest BCUT2D eigenvalue weighted by atomic mass is 10.1. The molecule has 2 aromatic carbocycles. The highest BCUT2D eigenvalue weighted by Crippen LogP contribution is 2.16. The van der Waals surface area contributed by atoms with Gasteiger partial charge in [-0.2, -0.15) is 0 Å². The van der Waals surface area contributed by atoms with Crippen LogP contribution in [-0.2, 0) is 6.61 Å². The molecule has 0 aliphatic heterocycles. The van der Waals surface area contributed by atoms with Gasteiger partial charge in [0.25, 0.3) is 0 Å². The topological polar surface area (TPSA) is 59.1 Å². The summed E-state index contributed by atoms with van der Waals surface area (Å²) in [6.07, 6.45) is 0. The van der Waals surface area contributed by atoms with Crippen molar-refractivity contribution in [3.8, 4) is 5.75 Å². The monoisotopic (exact) mass is 254 g/mol. The molecule has 0 amide bonds. The van der Waals surface area contributed by atoms with Crippen molar-refractivity contribution in [3.63, 3.8) is 0 Å². The zero-order chi connectivity index (χ0) is 13.8. The Morgan fingerprint density at radius 2 is 1.79 bits per heavy atom. The van der Waals surface area contributed by atoms with E-state index in [9.17, 15) is 0 Å². The predicted molar refractivity (Wildman–Crippen MR) is 77.7 cm³/mol. The molecule has 0 aromatic heterocycles. The summed E-state index contributed by atoms with van der Waals surface area (Å²) in [5.41, 5.74) is 9.61. The Kier molecular flexibility index (Phi) is 3.85. The molecule has 0 heterocycles. The summed E-state index contributed by atoms with van der Waals surface area (Å²) in [5, 5.41) is 7.41. The molecule has 2 rings (SSSR count). The molecular formula is C16H18N2O. The molecule has 0 bridgehead atoms. The minimum absolute atomic E-state index is 0.0918. The van der Waals surface area contributed by atoms with Crippen molar-refractivity contribution in [1.29, 1.82) is 5.41 Å². The third-order valence-electron chi connectivity index (χ3n) is 3.07. The number of ether oxygens (including phenoxy) is 1. The first-order chi connectivity index (χ1) is 9.06. The molecule has 19 heavy (non-hydrogen) atoms. The van der Waals surface area contributed by atoms with Gasteiger partial charge in [-0.05, 0) is 43.2 Å². The third-order valence-corrected chi connectivity index (χ3v) is 3.07. The van der Waals surface area contributed by atoms with Crippen molar-refractivity contribution in [2.24, 2.45) is 5.73 Å². The molecule has 0 saturated carbocycles. The SMILES string of the molecule is Cc1ccc(OCc2ccc(C(=N)N)cc2C)cc1. The van der Waals surface area contributed by atoms with Crippen molar-refractivity contribution < 1.29 is 4.74 Å². The number of benzene rings is 2. The van der Waals surface area contributed by atoms with Crippen LogP contribution in [0.5, 0.6) is 5.75 Å². The van der Waals surface area contributed by atoms with E-state index in [2.05, 4.69) is 6.92 Å². The molecular weight excluding hydrogens is 236 g/mol. The van der Waals surface area contributed by atoms with Crippen LogP contribution in [0.4, 0.5) is 0 Å². The summed E-state index contributed by atoms with van der Waals surface area (Å²) in [6, 6.07) is 13.7. The van der Waals surface area contributed by atoms with E-state index in [0.717, 1.165) is 22.4 Å². The quantitative estimate of drug-likeness (QED) is 0.650. The lowest BCUT2D eigenvalue weighted by Gasteiger charge is -2.10. The van der Waals surface area contributed by atoms with Gasteiger partial charge < -0.3 is 10.5 Å². The summed E-state index contributed by atoms with van der Waals surface area (Å²) in [6.45, 7) is 4.57. The molecule has 3 nitrogen and oxygen atoms in total. The maximum Gasteiger partial charge on any atom is 0.122 e. The fourth-order valence-corrected chi connectivity index (χ4v) is 1.82. The predicted octanol–water partition coefficient (Wildman–Crippen LogP) is 3.17. The van der Waals surface area contributed by atoms with Crippen molar-refractivity contribution in [2.75, 3.05) is 0 Å². The van der Waals surface area contributed by atoms with Crippen LogP contribution in [0.15, 0.2) is 42.5 Å². The number of rotatable bonds is 4. The fraction of sp³-hybridized carbons (Fsp3) is 0.188. The number of nitrogen functional groups attached to an aromatic ring is 1. The highest BCUT2D eigenvalue weighted by Gasteiger charge is 2.03. The molecule has 3 heteroatoms. The van der Waals surface area contributed by atoms with Crippen LogP contribution in [0.25, 0.3) is 0 Å². The Morgan fingerprint density at radius 3 is 2.37 bits per heavy atom. The second-order valence-electron chi connectivity index (χ2n) is 4.66. The highest BCUT2D eigenvalue weighted by molar-refractivity contribution is 5.95. The molecule has 0 fully saturated rings. The second kappa shape index (κ2) is 5.57. The largest absolute Gasteiger partial charge is 0.489 e.